The predicted molar refractivity (Wildman–Crippen MR) is 90.0 cm³/mol. The van der Waals surface area contributed by atoms with Gasteiger partial charge < -0.3 is 10.5 Å². The molecule has 0 amide bonds. The summed E-state index contributed by atoms with van der Waals surface area (Å²) in [5.41, 5.74) is 10.3. The van der Waals surface area contributed by atoms with Crippen molar-refractivity contribution in [3.8, 4) is 5.75 Å². The number of nitrogens with two attached hydrogens (primary N) is 1. The van der Waals surface area contributed by atoms with Crippen LogP contribution in [0.1, 0.15) is 28.4 Å². The van der Waals surface area contributed by atoms with Gasteiger partial charge in [-0.15, -0.1) is 0 Å². The third-order valence-corrected chi connectivity index (χ3v) is 4.15. The SMILES string of the molecule is COc1c(C)cnc(CC(N)c2cc(Cl)cc(Br)c2)c1C. The highest BCUT2D eigenvalue weighted by Gasteiger charge is 2.14. The van der Waals surface area contributed by atoms with Crippen molar-refractivity contribution in [2.75, 3.05) is 7.11 Å². The summed E-state index contributed by atoms with van der Waals surface area (Å²) < 4.78 is 6.36. The smallest absolute Gasteiger partial charge is 0.128 e. The number of halogens is 2. The number of pyridine rings is 1. The van der Waals surface area contributed by atoms with Crippen LogP contribution in [0.5, 0.6) is 5.75 Å². The molecule has 0 radical (unpaired) electrons. The zero-order valence-corrected chi connectivity index (χ0v) is 14.6. The Hall–Kier alpha value is -1.10. The van der Waals surface area contributed by atoms with Gasteiger partial charge in [-0.2, -0.15) is 0 Å². The lowest BCUT2D eigenvalue weighted by Gasteiger charge is -2.16. The van der Waals surface area contributed by atoms with Gasteiger partial charge in [0.05, 0.1) is 7.11 Å². The maximum atomic E-state index is 6.30. The van der Waals surface area contributed by atoms with Crippen molar-refractivity contribution in [2.24, 2.45) is 5.73 Å². The van der Waals surface area contributed by atoms with E-state index in [2.05, 4.69) is 20.9 Å². The van der Waals surface area contributed by atoms with E-state index in [0.717, 1.165) is 32.6 Å². The van der Waals surface area contributed by atoms with Crippen molar-refractivity contribution in [3.05, 3.63) is 56.3 Å². The fourth-order valence-corrected chi connectivity index (χ4v) is 3.28. The summed E-state index contributed by atoms with van der Waals surface area (Å²) >= 11 is 9.51. The van der Waals surface area contributed by atoms with Crippen molar-refractivity contribution in [2.45, 2.75) is 26.3 Å². The molecule has 1 aromatic heterocycles. The Kier molecular flexibility index (Phi) is 5.25. The quantitative estimate of drug-likeness (QED) is 0.870. The van der Waals surface area contributed by atoms with Crippen molar-refractivity contribution in [3.63, 3.8) is 0 Å². The molecule has 2 N–H and O–H groups in total. The first kappa shape index (κ1) is 16.3. The average Bonchev–Trinajstić information content (AvgIpc) is 2.41. The van der Waals surface area contributed by atoms with Crippen molar-refractivity contribution in [1.29, 1.82) is 0 Å². The molecule has 1 aromatic carbocycles. The Bertz CT molecular complexity index is 641. The summed E-state index contributed by atoms with van der Waals surface area (Å²) in [5, 5.41) is 0.668. The van der Waals surface area contributed by atoms with Gasteiger partial charge in [0.1, 0.15) is 5.75 Å². The second-order valence-electron chi connectivity index (χ2n) is 5.06. The average molecular weight is 370 g/mol. The number of hydrogen-bond donors (Lipinski definition) is 1. The number of hydrogen-bond acceptors (Lipinski definition) is 3. The molecule has 0 bridgehead atoms. The summed E-state index contributed by atoms with van der Waals surface area (Å²) in [6, 6.07) is 5.55. The predicted octanol–water partition coefficient (Wildman–Crippen LogP) is 4.37. The molecule has 1 unspecified atom stereocenters. The molecule has 0 saturated heterocycles. The van der Waals surface area contributed by atoms with E-state index >= 15 is 0 Å². The van der Waals surface area contributed by atoms with E-state index in [4.69, 9.17) is 22.1 Å². The van der Waals surface area contributed by atoms with Crippen LogP contribution in [-0.4, -0.2) is 12.1 Å². The number of nitrogens with zero attached hydrogens (tertiary/aromatic N) is 1. The molecule has 0 fully saturated rings. The molecular weight excluding hydrogens is 352 g/mol. The van der Waals surface area contributed by atoms with E-state index < -0.39 is 0 Å². The number of rotatable bonds is 4. The van der Waals surface area contributed by atoms with E-state index in [0.29, 0.717) is 11.4 Å². The molecule has 2 aromatic rings. The zero-order valence-electron chi connectivity index (χ0n) is 12.3. The van der Waals surface area contributed by atoms with Crippen molar-refractivity contribution in [1.82, 2.24) is 4.98 Å². The Labute approximate surface area is 138 Å². The highest BCUT2D eigenvalue weighted by molar-refractivity contribution is 9.10. The topological polar surface area (TPSA) is 48.1 Å². The van der Waals surface area contributed by atoms with Crippen LogP contribution >= 0.6 is 27.5 Å². The molecule has 0 spiro atoms. The molecule has 112 valence electrons. The van der Waals surface area contributed by atoms with Crippen LogP contribution in [-0.2, 0) is 6.42 Å². The molecule has 0 saturated carbocycles. The minimum absolute atomic E-state index is 0.168. The summed E-state index contributed by atoms with van der Waals surface area (Å²) in [7, 11) is 1.67. The maximum Gasteiger partial charge on any atom is 0.128 e. The van der Waals surface area contributed by atoms with Crippen LogP contribution in [0.25, 0.3) is 0 Å². The van der Waals surface area contributed by atoms with E-state index in [1.165, 1.54) is 0 Å². The van der Waals surface area contributed by atoms with Gasteiger partial charge >= 0.3 is 0 Å². The van der Waals surface area contributed by atoms with Crippen LogP contribution < -0.4 is 10.5 Å². The zero-order chi connectivity index (χ0) is 15.6. The lowest BCUT2D eigenvalue weighted by molar-refractivity contribution is 0.406. The second-order valence-corrected chi connectivity index (χ2v) is 6.41. The van der Waals surface area contributed by atoms with E-state index in [1.54, 1.807) is 7.11 Å². The molecule has 0 aliphatic rings. The van der Waals surface area contributed by atoms with Gasteiger partial charge in [0.15, 0.2) is 0 Å². The normalized spacial score (nSPS) is 12.3. The third-order valence-electron chi connectivity index (χ3n) is 3.48. The van der Waals surface area contributed by atoms with Crippen LogP contribution in [0, 0.1) is 13.8 Å². The Morgan fingerprint density at radius 3 is 2.67 bits per heavy atom. The molecule has 1 heterocycles. The van der Waals surface area contributed by atoms with Gasteiger partial charge in [0, 0.05) is 45.0 Å². The van der Waals surface area contributed by atoms with Gasteiger partial charge in [-0.1, -0.05) is 27.5 Å². The monoisotopic (exact) mass is 368 g/mol. The number of benzene rings is 1. The molecule has 5 heteroatoms. The first-order chi connectivity index (χ1) is 9.92. The van der Waals surface area contributed by atoms with Gasteiger partial charge in [0.2, 0.25) is 0 Å². The van der Waals surface area contributed by atoms with Crippen LogP contribution in [0.4, 0.5) is 0 Å². The fourth-order valence-electron chi connectivity index (χ4n) is 2.39. The van der Waals surface area contributed by atoms with E-state index in [-0.39, 0.29) is 6.04 Å². The van der Waals surface area contributed by atoms with Crippen molar-refractivity contribution >= 4 is 27.5 Å². The summed E-state index contributed by atoms with van der Waals surface area (Å²) in [6.07, 6.45) is 2.46. The largest absolute Gasteiger partial charge is 0.496 e. The molecule has 0 aliphatic carbocycles. The molecule has 0 aliphatic heterocycles. The lowest BCUT2D eigenvalue weighted by Crippen LogP contribution is -2.15. The second kappa shape index (κ2) is 6.77. The summed E-state index contributed by atoms with van der Waals surface area (Å²) in [5.74, 6) is 0.875. The van der Waals surface area contributed by atoms with Gasteiger partial charge in [-0.25, -0.2) is 0 Å². The molecule has 1 atom stereocenters. The van der Waals surface area contributed by atoms with Gasteiger partial charge in [0.25, 0.3) is 0 Å². The number of methoxy groups -OCH3 is 1. The van der Waals surface area contributed by atoms with Crippen LogP contribution in [0.3, 0.4) is 0 Å². The number of aryl methyl sites for hydroxylation is 1. The van der Waals surface area contributed by atoms with Crippen LogP contribution in [0.2, 0.25) is 5.02 Å². The highest BCUT2D eigenvalue weighted by Crippen LogP contribution is 2.28. The first-order valence-electron chi connectivity index (χ1n) is 6.63. The maximum absolute atomic E-state index is 6.30. The Balaban J connectivity index is 2.29. The minimum atomic E-state index is -0.168. The van der Waals surface area contributed by atoms with Crippen molar-refractivity contribution < 1.29 is 4.74 Å². The highest BCUT2D eigenvalue weighted by atomic mass is 79.9. The standard InChI is InChI=1S/C16H18BrClN2O/c1-9-8-20-15(10(2)16(9)21-3)7-14(19)11-4-12(17)6-13(18)5-11/h4-6,8,14H,7,19H2,1-3H3. The van der Waals surface area contributed by atoms with Crippen LogP contribution in [0.15, 0.2) is 28.9 Å². The number of ether oxygens (including phenoxy) is 1. The van der Waals surface area contributed by atoms with E-state index in [9.17, 15) is 0 Å². The fraction of sp³-hybridized carbons (Fsp3) is 0.312. The Morgan fingerprint density at radius 2 is 2.05 bits per heavy atom. The van der Waals surface area contributed by atoms with E-state index in [1.807, 2.05) is 38.2 Å². The molecule has 21 heavy (non-hydrogen) atoms. The van der Waals surface area contributed by atoms with Gasteiger partial charge in [-0.05, 0) is 37.6 Å². The number of aromatic nitrogens is 1. The third kappa shape index (κ3) is 3.76. The Morgan fingerprint density at radius 1 is 1.33 bits per heavy atom. The molecule has 2 rings (SSSR count). The minimum Gasteiger partial charge on any atom is -0.496 e. The molecule has 3 nitrogen and oxygen atoms in total. The lowest BCUT2D eigenvalue weighted by atomic mass is 9.99. The molecular formula is C16H18BrClN2O. The van der Waals surface area contributed by atoms with Gasteiger partial charge in [-0.3, -0.25) is 4.98 Å². The first-order valence-corrected chi connectivity index (χ1v) is 7.80. The summed E-state index contributed by atoms with van der Waals surface area (Å²) in [6.45, 7) is 3.99. The summed E-state index contributed by atoms with van der Waals surface area (Å²) in [4.78, 5) is 4.49.